The lowest BCUT2D eigenvalue weighted by Crippen LogP contribution is -2.44. The number of hydrogen-bond acceptors (Lipinski definition) is 4. The Kier molecular flexibility index (Phi) is 4.39. The van der Waals surface area contributed by atoms with Crippen LogP contribution in [0.2, 0.25) is 0 Å². The molecule has 2 aromatic rings. The SMILES string of the molecule is Cc1cc(N2C(=O)N(c3ccc(C(N)=O)c(F)c3)C(C)(C)C2=O)ccc1C#N. The van der Waals surface area contributed by atoms with Gasteiger partial charge in [-0.15, -0.1) is 0 Å². The van der Waals surface area contributed by atoms with Crippen molar-refractivity contribution in [2.45, 2.75) is 26.3 Å². The number of nitrogens with two attached hydrogens (primary N) is 1. The molecule has 4 amide bonds. The van der Waals surface area contributed by atoms with E-state index in [4.69, 9.17) is 11.0 Å². The first-order valence-electron chi connectivity index (χ1n) is 8.38. The average Bonchev–Trinajstić information content (AvgIpc) is 2.79. The molecule has 0 spiro atoms. The number of benzene rings is 2. The van der Waals surface area contributed by atoms with Crippen LogP contribution in [0.1, 0.15) is 35.3 Å². The van der Waals surface area contributed by atoms with Gasteiger partial charge >= 0.3 is 6.03 Å². The molecule has 0 aromatic heterocycles. The Hall–Kier alpha value is -3.73. The van der Waals surface area contributed by atoms with E-state index >= 15 is 0 Å². The molecule has 1 fully saturated rings. The van der Waals surface area contributed by atoms with E-state index in [-0.39, 0.29) is 11.3 Å². The topological polar surface area (TPSA) is 108 Å². The summed E-state index contributed by atoms with van der Waals surface area (Å²) in [6.45, 7) is 4.79. The summed E-state index contributed by atoms with van der Waals surface area (Å²) in [5, 5.41) is 9.07. The smallest absolute Gasteiger partial charge is 0.336 e. The van der Waals surface area contributed by atoms with E-state index in [1.54, 1.807) is 26.8 Å². The maximum Gasteiger partial charge on any atom is 0.336 e. The summed E-state index contributed by atoms with van der Waals surface area (Å²) in [4.78, 5) is 39.5. The molecule has 0 saturated carbocycles. The third-order valence-corrected chi connectivity index (χ3v) is 4.73. The molecule has 0 unspecified atom stereocenters. The van der Waals surface area contributed by atoms with Crippen molar-refractivity contribution >= 4 is 29.2 Å². The summed E-state index contributed by atoms with van der Waals surface area (Å²) < 4.78 is 14.2. The molecule has 142 valence electrons. The summed E-state index contributed by atoms with van der Waals surface area (Å²) in [5.41, 5.74) is 5.01. The fourth-order valence-corrected chi connectivity index (χ4v) is 3.21. The minimum absolute atomic E-state index is 0.124. The van der Waals surface area contributed by atoms with Crippen molar-refractivity contribution in [2.24, 2.45) is 5.73 Å². The van der Waals surface area contributed by atoms with Gasteiger partial charge in [-0.3, -0.25) is 14.5 Å². The van der Waals surface area contributed by atoms with E-state index in [1.165, 1.54) is 24.3 Å². The highest BCUT2D eigenvalue weighted by molar-refractivity contribution is 6.30. The van der Waals surface area contributed by atoms with Gasteiger partial charge in [-0.1, -0.05) is 0 Å². The number of amides is 4. The van der Waals surface area contributed by atoms with Crippen molar-refractivity contribution in [3.63, 3.8) is 0 Å². The molecular weight excluding hydrogens is 363 g/mol. The van der Waals surface area contributed by atoms with Gasteiger partial charge in [0.25, 0.3) is 11.8 Å². The Bertz CT molecular complexity index is 1070. The number of nitrogens with zero attached hydrogens (tertiary/aromatic N) is 3. The summed E-state index contributed by atoms with van der Waals surface area (Å²) >= 11 is 0. The molecule has 2 aromatic carbocycles. The largest absolute Gasteiger partial charge is 0.366 e. The van der Waals surface area contributed by atoms with Crippen LogP contribution in [0.5, 0.6) is 0 Å². The highest BCUT2D eigenvalue weighted by Crippen LogP contribution is 2.37. The number of carbonyl (C=O) groups is 3. The Labute approximate surface area is 160 Å². The normalized spacial score (nSPS) is 15.7. The zero-order valence-corrected chi connectivity index (χ0v) is 15.5. The molecule has 1 aliphatic rings. The van der Waals surface area contributed by atoms with Gasteiger partial charge in [-0.05, 0) is 62.7 Å². The molecule has 8 heteroatoms. The van der Waals surface area contributed by atoms with E-state index in [9.17, 15) is 18.8 Å². The monoisotopic (exact) mass is 380 g/mol. The third-order valence-electron chi connectivity index (χ3n) is 4.73. The van der Waals surface area contributed by atoms with Crippen molar-refractivity contribution in [1.29, 1.82) is 5.26 Å². The molecule has 0 bridgehead atoms. The van der Waals surface area contributed by atoms with Gasteiger partial charge in [0.2, 0.25) is 0 Å². The Balaban J connectivity index is 2.08. The number of anilines is 2. The first-order valence-corrected chi connectivity index (χ1v) is 8.38. The number of carbonyl (C=O) groups excluding carboxylic acids is 3. The molecule has 1 saturated heterocycles. The Morgan fingerprint density at radius 2 is 1.79 bits per heavy atom. The molecule has 2 N–H and O–H groups in total. The van der Waals surface area contributed by atoms with Gasteiger partial charge < -0.3 is 5.73 Å². The lowest BCUT2D eigenvalue weighted by molar-refractivity contribution is -0.120. The van der Waals surface area contributed by atoms with Crippen LogP contribution in [0.15, 0.2) is 36.4 Å². The number of primary amides is 1. The number of aryl methyl sites for hydroxylation is 1. The van der Waals surface area contributed by atoms with Crippen LogP contribution in [0.4, 0.5) is 20.6 Å². The highest BCUT2D eigenvalue weighted by atomic mass is 19.1. The lowest BCUT2D eigenvalue weighted by Gasteiger charge is -2.27. The second-order valence-corrected chi connectivity index (χ2v) is 6.96. The maximum absolute atomic E-state index is 14.2. The van der Waals surface area contributed by atoms with Crippen LogP contribution in [-0.4, -0.2) is 23.4 Å². The molecule has 7 nitrogen and oxygen atoms in total. The van der Waals surface area contributed by atoms with E-state index in [2.05, 4.69) is 0 Å². The predicted octanol–water partition coefficient (Wildman–Crippen LogP) is 2.86. The van der Waals surface area contributed by atoms with Crippen LogP contribution in [-0.2, 0) is 4.79 Å². The summed E-state index contributed by atoms with van der Waals surface area (Å²) in [6, 6.07) is 9.52. The van der Waals surface area contributed by atoms with Gasteiger partial charge in [-0.25, -0.2) is 14.1 Å². The second-order valence-electron chi connectivity index (χ2n) is 6.96. The number of urea groups is 1. The standard InChI is InChI=1S/C20H17FN4O3/c1-11-8-13(5-4-12(11)10-22)24-18(27)20(2,3)25(19(24)28)14-6-7-15(17(23)26)16(21)9-14/h4-9H,1-3H3,(H2,23,26). The number of rotatable bonds is 3. The summed E-state index contributed by atoms with van der Waals surface area (Å²) in [5.74, 6) is -2.31. The molecular formula is C20H17FN4O3. The van der Waals surface area contributed by atoms with Gasteiger partial charge in [0.15, 0.2) is 0 Å². The van der Waals surface area contributed by atoms with Crippen LogP contribution in [0.3, 0.4) is 0 Å². The molecule has 0 radical (unpaired) electrons. The maximum atomic E-state index is 14.2. The van der Waals surface area contributed by atoms with E-state index < -0.39 is 29.2 Å². The van der Waals surface area contributed by atoms with Crippen molar-refractivity contribution in [3.8, 4) is 6.07 Å². The van der Waals surface area contributed by atoms with Crippen molar-refractivity contribution in [3.05, 3.63) is 58.9 Å². The van der Waals surface area contributed by atoms with Crippen molar-refractivity contribution in [2.75, 3.05) is 9.80 Å². The van der Waals surface area contributed by atoms with Gasteiger partial charge in [0.1, 0.15) is 11.4 Å². The number of nitriles is 1. The van der Waals surface area contributed by atoms with Crippen LogP contribution < -0.4 is 15.5 Å². The van der Waals surface area contributed by atoms with Crippen LogP contribution in [0.25, 0.3) is 0 Å². The number of hydrogen-bond donors (Lipinski definition) is 1. The highest BCUT2D eigenvalue weighted by Gasteiger charge is 2.52. The molecule has 1 aliphatic heterocycles. The quantitative estimate of drug-likeness (QED) is 0.826. The zero-order chi connectivity index (χ0) is 20.8. The summed E-state index contributed by atoms with van der Waals surface area (Å²) in [6.07, 6.45) is 0. The minimum Gasteiger partial charge on any atom is -0.366 e. The lowest BCUT2D eigenvalue weighted by atomic mass is 10.0. The first kappa shape index (κ1) is 19.0. The second kappa shape index (κ2) is 6.46. The van der Waals surface area contributed by atoms with Crippen molar-refractivity contribution in [1.82, 2.24) is 0 Å². The fraction of sp³-hybridized carbons (Fsp3) is 0.200. The molecule has 0 aliphatic carbocycles. The van der Waals surface area contributed by atoms with Crippen molar-refractivity contribution < 1.29 is 18.8 Å². The van der Waals surface area contributed by atoms with Crippen LogP contribution in [0, 0.1) is 24.1 Å². The van der Waals surface area contributed by atoms with E-state index in [0.717, 1.165) is 15.9 Å². The first-order chi connectivity index (χ1) is 13.1. The Morgan fingerprint density at radius 3 is 2.32 bits per heavy atom. The van der Waals surface area contributed by atoms with Crippen LogP contribution >= 0.6 is 0 Å². The molecule has 28 heavy (non-hydrogen) atoms. The van der Waals surface area contributed by atoms with Gasteiger partial charge in [0.05, 0.1) is 22.9 Å². The Morgan fingerprint density at radius 1 is 1.14 bits per heavy atom. The molecule has 1 heterocycles. The average molecular weight is 380 g/mol. The summed E-state index contributed by atoms with van der Waals surface area (Å²) in [7, 11) is 0. The third kappa shape index (κ3) is 2.77. The molecule has 0 atom stereocenters. The molecule has 3 rings (SSSR count). The number of imide groups is 1. The van der Waals surface area contributed by atoms with E-state index in [1.807, 2.05) is 6.07 Å². The predicted molar refractivity (Wildman–Crippen MR) is 100 cm³/mol. The fourth-order valence-electron chi connectivity index (χ4n) is 3.21. The van der Waals surface area contributed by atoms with Gasteiger partial charge in [-0.2, -0.15) is 5.26 Å². The van der Waals surface area contributed by atoms with E-state index in [0.29, 0.717) is 16.8 Å². The number of halogens is 1. The van der Waals surface area contributed by atoms with Gasteiger partial charge in [0, 0.05) is 5.69 Å². The minimum atomic E-state index is -1.29. The zero-order valence-electron chi connectivity index (χ0n) is 15.5.